The summed E-state index contributed by atoms with van der Waals surface area (Å²) in [6, 6.07) is 5.30. The molecule has 6 heteroatoms. The Morgan fingerprint density at radius 1 is 1.33 bits per heavy atom. The van der Waals surface area contributed by atoms with Crippen LogP contribution < -0.4 is 10.6 Å². The SMILES string of the molecule is Cc1ccc(NC(=O)C2CCCN2)cc1C(=O)N(C)C.Cl. The summed E-state index contributed by atoms with van der Waals surface area (Å²) in [6.07, 6.45) is 1.89. The summed E-state index contributed by atoms with van der Waals surface area (Å²) >= 11 is 0. The largest absolute Gasteiger partial charge is 0.345 e. The van der Waals surface area contributed by atoms with Gasteiger partial charge in [-0.25, -0.2) is 0 Å². The minimum atomic E-state index is -0.121. The summed E-state index contributed by atoms with van der Waals surface area (Å²) in [5.74, 6) is -0.0906. The van der Waals surface area contributed by atoms with Crippen molar-refractivity contribution in [1.29, 1.82) is 0 Å². The van der Waals surface area contributed by atoms with Gasteiger partial charge in [0, 0.05) is 25.3 Å². The van der Waals surface area contributed by atoms with Crippen LogP contribution in [0.15, 0.2) is 18.2 Å². The fourth-order valence-electron chi connectivity index (χ4n) is 2.31. The molecule has 0 aliphatic carbocycles. The van der Waals surface area contributed by atoms with Crippen LogP contribution in [0, 0.1) is 6.92 Å². The van der Waals surface area contributed by atoms with E-state index in [-0.39, 0.29) is 30.3 Å². The van der Waals surface area contributed by atoms with Crippen LogP contribution in [-0.2, 0) is 4.79 Å². The minimum Gasteiger partial charge on any atom is -0.345 e. The Kier molecular flexibility index (Phi) is 6.18. The van der Waals surface area contributed by atoms with Crippen LogP contribution in [0.5, 0.6) is 0 Å². The van der Waals surface area contributed by atoms with Crippen molar-refractivity contribution < 1.29 is 9.59 Å². The van der Waals surface area contributed by atoms with Crippen LogP contribution in [0.3, 0.4) is 0 Å². The zero-order valence-corrected chi connectivity index (χ0v) is 13.4. The number of aryl methyl sites for hydroxylation is 1. The van der Waals surface area contributed by atoms with Gasteiger partial charge in [-0.15, -0.1) is 12.4 Å². The highest BCUT2D eigenvalue weighted by Gasteiger charge is 2.22. The molecule has 1 aliphatic heterocycles. The van der Waals surface area contributed by atoms with Gasteiger partial charge >= 0.3 is 0 Å². The smallest absolute Gasteiger partial charge is 0.253 e. The third-order valence-corrected chi connectivity index (χ3v) is 3.52. The zero-order valence-electron chi connectivity index (χ0n) is 12.6. The third kappa shape index (κ3) is 4.19. The summed E-state index contributed by atoms with van der Waals surface area (Å²) in [5.41, 5.74) is 2.19. The van der Waals surface area contributed by atoms with E-state index in [4.69, 9.17) is 0 Å². The number of amides is 2. The summed E-state index contributed by atoms with van der Waals surface area (Å²) in [5, 5.41) is 6.03. The van der Waals surface area contributed by atoms with Crippen LogP contribution in [0.2, 0.25) is 0 Å². The van der Waals surface area contributed by atoms with E-state index >= 15 is 0 Å². The summed E-state index contributed by atoms with van der Waals surface area (Å²) in [6.45, 7) is 2.78. The molecule has 2 amide bonds. The first-order valence-electron chi connectivity index (χ1n) is 6.85. The second-order valence-corrected chi connectivity index (χ2v) is 5.37. The van der Waals surface area contributed by atoms with E-state index < -0.39 is 0 Å². The monoisotopic (exact) mass is 311 g/mol. The van der Waals surface area contributed by atoms with Crippen molar-refractivity contribution in [3.05, 3.63) is 29.3 Å². The fraction of sp³-hybridized carbons (Fsp3) is 0.467. The fourth-order valence-corrected chi connectivity index (χ4v) is 2.31. The number of nitrogens with one attached hydrogen (secondary N) is 2. The van der Waals surface area contributed by atoms with Crippen molar-refractivity contribution in [2.45, 2.75) is 25.8 Å². The van der Waals surface area contributed by atoms with E-state index in [0.29, 0.717) is 11.3 Å². The molecule has 0 radical (unpaired) electrons. The highest BCUT2D eigenvalue weighted by molar-refractivity contribution is 5.99. The van der Waals surface area contributed by atoms with E-state index in [1.165, 1.54) is 4.90 Å². The summed E-state index contributed by atoms with van der Waals surface area (Å²) in [7, 11) is 3.44. The van der Waals surface area contributed by atoms with E-state index in [1.807, 2.05) is 19.1 Å². The average Bonchev–Trinajstić information content (AvgIpc) is 2.94. The van der Waals surface area contributed by atoms with Crippen molar-refractivity contribution >= 4 is 29.9 Å². The number of halogens is 1. The zero-order chi connectivity index (χ0) is 14.7. The molecule has 0 bridgehead atoms. The van der Waals surface area contributed by atoms with E-state index in [2.05, 4.69) is 10.6 Å². The van der Waals surface area contributed by atoms with Gasteiger partial charge in [-0.3, -0.25) is 9.59 Å². The standard InChI is InChI=1S/C15H21N3O2.ClH/c1-10-6-7-11(9-12(10)15(20)18(2)3)17-14(19)13-5-4-8-16-13;/h6-7,9,13,16H,4-5,8H2,1-3H3,(H,17,19);1H. The molecule has 2 N–H and O–H groups in total. The lowest BCUT2D eigenvalue weighted by atomic mass is 10.1. The molecule has 1 aromatic rings. The lowest BCUT2D eigenvalue weighted by Gasteiger charge is -2.15. The molecule has 21 heavy (non-hydrogen) atoms. The van der Waals surface area contributed by atoms with Crippen LogP contribution in [0.25, 0.3) is 0 Å². The van der Waals surface area contributed by atoms with Gasteiger partial charge in [-0.05, 0) is 44.0 Å². The predicted molar refractivity (Wildman–Crippen MR) is 86.1 cm³/mol. The summed E-state index contributed by atoms with van der Waals surface area (Å²) < 4.78 is 0. The number of hydrogen-bond donors (Lipinski definition) is 2. The molecule has 1 heterocycles. The van der Waals surface area contributed by atoms with Gasteiger partial charge < -0.3 is 15.5 Å². The maximum absolute atomic E-state index is 12.1. The Balaban J connectivity index is 0.00000220. The molecular formula is C15H22ClN3O2. The molecule has 0 aromatic heterocycles. The molecule has 1 unspecified atom stereocenters. The van der Waals surface area contributed by atoms with Crippen LogP contribution >= 0.6 is 12.4 Å². The molecule has 1 aliphatic rings. The summed E-state index contributed by atoms with van der Waals surface area (Å²) in [4.78, 5) is 25.6. The number of hydrogen-bond acceptors (Lipinski definition) is 3. The van der Waals surface area contributed by atoms with E-state index in [0.717, 1.165) is 24.9 Å². The van der Waals surface area contributed by atoms with Crippen LogP contribution in [0.1, 0.15) is 28.8 Å². The van der Waals surface area contributed by atoms with Gasteiger partial charge in [0.2, 0.25) is 5.91 Å². The topological polar surface area (TPSA) is 61.4 Å². The highest BCUT2D eigenvalue weighted by Crippen LogP contribution is 2.17. The van der Waals surface area contributed by atoms with Crippen molar-refractivity contribution in [3.63, 3.8) is 0 Å². The third-order valence-electron chi connectivity index (χ3n) is 3.52. The van der Waals surface area contributed by atoms with Gasteiger partial charge in [0.15, 0.2) is 0 Å². The van der Waals surface area contributed by atoms with Crippen molar-refractivity contribution in [2.24, 2.45) is 0 Å². The van der Waals surface area contributed by atoms with Gasteiger partial charge in [-0.2, -0.15) is 0 Å². The van der Waals surface area contributed by atoms with Crippen molar-refractivity contribution in [2.75, 3.05) is 26.0 Å². The number of rotatable bonds is 3. The van der Waals surface area contributed by atoms with Crippen LogP contribution in [0.4, 0.5) is 5.69 Å². The number of carbonyl (C=O) groups excluding carboxylic acids is 2. The maximum atomic E-state index is 12.1. The van der Waals surface area contributed by atoms with Crippen molar-refractivity contribution in [1.82, 2.24) is 10.2 Å². The van der Waals surface area contributed by atoms with Gasteiger partial charge in [0.25, 0.3) is 5.91 Å². The highest BCUT2D eigenvalue weighted by atomic mass is 35.5. The first-order chi connectivity index (χ1) is 9.49. The van der Waals surface area contributed by atoms with E-state index in [1.54, 1.807) is 20.2 Å². The van der Waals surface area contributed by atoms with Crippen LogP contribution in [-0.4, -0.2) is 43.4 Å². The maximum Gasteiger partial charge on any atom is 0.253 e. The molecule has 1 fully saturated rings. The molecule has 1 aromatic carbocycles. The van der Waals surface area contributed by atoms with Gasteiger partial charge in [-0.1, -0.05) is 6.07 Å². The Labute approximate surface area is 131 Å². The second-order valence-electron chi connectivity index (χ2n) is 5.37. The normalized spacial score (nSPS) is 17.0. The average molecular weight is 312 g/mol. The Hall–Kier alpha value is -1.59. The number of carbonyl (C=O) groups is 2. The molecule has 116 valence electrons. The Morgan fingerprint density at radius 2 is 2.05 bits per heavy atom. The lowest BCUT2D eigenvalue weighted by molar-refractivity contribution is -0.117. The molecule has 5 nitrogen and oxygen atoms in total. The quantitative estimate of drug-likeness (QED) is 0.895. The van der Waals surface area contributed by atoms with Gasteiger partial charge in [0.1, 0.15) is 0 Å². The van der Waals surface area contributed by atoms with Crippen molar-refractivity contribution in [3.8, 4) is 0 Å². The molecule has 2 rings (SSSR count). The number of anilines is 1. The predicted octanol–water partition coefficient (Wildman–Crippen LogP) is 1.81. The first-order valence-corrected chi connectivity index (χ1v) is 6.85. The Bertz CT molecular complexity index is 526. The number of nitrogens with zero attached hydrogens (tertiary/aromatic N) is 1. The molecular weight excluding hydrogens is 290 g/mol. The second kappa shape index (κ2) is 7.43. The lowest BCUT2D eigenvalue weighted by Crippen LogP contribution is -2.35. The van der Waals surface area contributed by atoms with E-state index in [9.17, 15) is 9.59 Å². The molecule has 1 saturated heterocycles. The van der Waals surface area contributed by atoms with Gasteiger partial charge in [0.05, 0.1) is 6.04 Å². The minimum absolute atomic E-state index is 0. The molecule has 1 atom stereocenters. The Morgan fingerprint density at radius 3 is 2.62 bits per heavy atom. The molecule has 0 saturated carbocycles. The molecule has 0 spiro atoms. The number of benzene rings is 1. The first kappa shape index (κ1) is 17.5.